The Morgan fingerprint density at radius 3 is 0.640 bits per heavy atom. The Labute approximate surface area is 642 Å². The molecular weight excluding hydrogens is 1350 g/mol. The van der Waals surface area contributed by atoms with Crippen LogP contribution in [0.2, 0.25) is 0 Å². The van der Waals surface area contributed by atoms with Crippen molar-refractivity contribution in [2.45, 2.75) is 20.8 Å². The molecule has 0 saturated carbocycles. The number of rotatable bonds is 8. The van der Waals surface area contributed by atoms with Gasteiger partial charge in [0, 0.05) is 98.8 Å². The molecule has 0 aliphatic carbocycles. The Bertz CT molecular complexity index is 7590. The van der Waals surface area contributed by atoms with E-state index in [2.05, 4.69) is 442 Å². The standard InChI is InChI=1S/2C37H26N2.C31H22N2/c1-25-11-9-15-28(23-25)38-32-19-7-5-17-30(32)36-34(38)21-22-35-37(36)31-18-6-8-20-33(31)39(35)29-16-10-14-27(24-29)26-12-3-2-4-13-26;1-25-10-9-13-29(24-25)39-33-17-8-6-15-31(33)37-35(39)23-22-34-36(37)30-14-5-7-16-32(30)38(34)28-20-18-27(19-21-28)26-11-3-2-4-12-26;1-21-10-9-13-23(20-21)33-27-17-8-6-15-25(27)31-29(33)19-18-28-30(31)24-14-5-7-16-26(24)32(28)22-11-3-2-4-12-22/h2*2-24H,1H3;2-20H,1H3. The zero-order chi connectivity index (χ0) is 73.8. The van der Waals surface area contributed by atoms with Gasteiger partial charge in [0.2, 0.25) is 0 Å². The molecule has 6 heterocycles. The van der Waals surface area contributed by atoms with Crippen molar-refractivity contribution < 1.29 is 0 Å². The van der Waals surface area contributed by atoms with Crippen LogP contribution in [-0.2, 0) is 0 Å². The van der Waals surface area contributed by atoms with Crippen LogP contribution in [0.25, 0.3) is 187 Å². The normalized spacial score (nSPS) is 11.7. The van der Waals surface area contributed by atoms with Gasteiger partial charge in [0.1, 0.15) is 0 Å². The Balaban J connectivity index is 0.000000106. The summed E-state index contributed by atoms with van der Waals surface area (Å²) in [6.45, 7) is 6.47. The zero-order valence-electron chi connectivity index (χ0n) is 61.7. The van der Waals surface area contributed by atoms with Crippen LogP contribution in [0.1, 0.15) is 16.7 Å². The second-order valence-electron chi connectivity index (χ2n) is 29.4. The number of aryl methyl sites for hydroxylation is 3. The Hall–Kier alpha value is -14.5. The van der Waals surface area contributed by atoms with Gasteiger partial charge in [-0.1, -0.05) is 249 Å². The summed E-state index contributed by atoms with van der Waals surface area (Å²) in [4.78, 5) is 0. The number of fused-ring (bicyclic) bond motifs is 21. The van der Waals surface area contributed by atoms with Gasteiger partial charge in [-0.3, -0.25) is 0 Å². The SMILES string of the molecule is Cc1cccc(-n2c3ccccc3c3c4c5ccccc5n(-c5ccc(-c6ccccc6)cc5)c4ccc32)c1.Cc1cccc(-n2c3ccccc3c3c4c5ccccc5n(-c5cccc(-c6ccccc6)c5)c4ccc32)c1.Cc1cccc(-n2c3ccccc3c3c4c5ccccc5n(-c5ccccc5)c4ccc32)c1. The van der Waals surface area contributed by atoms with Gasteiger partial charge in [-0.15, -0.1) is 0 Å². The van der Waals surface area contributed by atoms with E-state index in [-0.39, 0.29) is 0 Å². The molecular formula is C105H74N6. The van der Waals surface area contributed by atoms with Gasteiger partial charge in [-0.25, -0.2) is 0 Å². The highest BCUT2D eigenvalue weighted by Gasteiger charge is 2.25. The highest BCUT2D eigenvalue weighted by molar-refractivity contribution is 6.32. The smallest absolute Gasteiger partial charge is 0.0548 e. The molecule has 0 unspecified atom stereocenters. The second-order valence-corrected chi connectivity index (χ2v) is 29.4. The van der Waals surface area contributed by atoms with Crippen LogP contribution in [-0.4, -0.2) is 27.4 Å². The molecule has 6 nitrogen and oxygen atoms in total. The van der Waals surface area contributed by atoms with Crippen molar-refractivity contribution in [2.24, 2.45) is 0 Å². The maximum absolute atomic E-state index is 2.43. The van der Waals surface area contributed by atoms with E-state index in [9.17, 15) is 0 Å². The monoisotopic (exact) mass is 1420 g/mol. The van der Waals surface area contributed by atoms with Gasteiger partial charge < -0.3 is 27.4 Å². The predicted octanol–water partition coefficient (Wildman–Crippen LogP) is 27.9. The molecule has 0 saturated heterocycles. The lowest BCUT2D eigenvalue weighted by atomic mass is 10.0. The third-order valence-corrected chi connectivity index (χ3v) is 22.7. The van der Waals surface area contributed by atoms with Crippen molar-refractivity contribution in [3.63, 3.8) is 0 Å². The van der Waals surface area contributed by atoms with Crippen LogP contribution in [0, 0.1) is 20.8 Å². The molecule has 0 radical (unpaired) electrons. The van der Waals surface area contributed by atoms with E-state index in [1.54, 1.807) is 0 Å². The number of hydrogen-bond acceptors (Lipinski definition) is 0. The molecule has 0 aliphatic rings. The fraction of sp³-hybridized carbons (Fsp3) is 0.0286. The van der Waals surface area contributed by atoms with E-state index in [4.69, 9.17) is 0 Å². The molecule has 6 heteroatoms. The van der Waals surface area contributed by atoms with E-state index in [1.807, 2.05) is 0 Å². The Morgan fingerprint density at radius 1 is 0.135 bits per heavy atom. The minimum atomic E-state index is 1.17. The minimum Gasteiger partial charge on any atom is -0.309 e. The Kier molecular flexibility index (Phi) is 15.5. The number of para-hydroxylation sites is 7. The van der Waals surface area contributed by atoms with Crippen LogP contribution < -0.4 is 0 Å². The molecule has 0 atom stereocenters. The lowest BCUT2D eigenvalue weighted by Crippen LogP contribution is -1.95. The third kappa shape index (κ3) is 10.6. The number of benzene rings is 17. The molecule has 0 aliphatic heterocycles. The van der Waals surface area contributed by atoms with E-state index in [0.29, 0.717) is 0 Å². The van der Waals surface area contributed by atoms with Crippen molar-refractivity contribution in [1.29, 1.82) is 0 Å². The van der Waals surface area contributed by atoms with E-state index in [0.717, 1.165) is 0 Å². The molecule has 0 spiro atoms. The molecule has 524 valence electrons. The predicted molar refractivity (Wildman–Crippen MR) is 470 cm³/mol. The van der Waals surface area contributed by atoms with E-state index < -0.39 is 0 Å². The lowest BCUT2D eigenvalue weighted by Gasteiger charge is -2.11. The maximum atomic E-state index is 2.43. The summed E-state index contributed by atoms with van der Waals surface area (Å²) in [5.41, 5.74) is 30.6. The first-order chi connectivity index (χ1) is 54.9. The number of hydrogen-bond donors (Lipinski definition) is 0. The third-order valence-electron chi connectivity index (χ3n) is 22.7. The van der Waals surface area contributed by atoms with Gasteiger partial charge in [0.05, 0.1) is 66.2 Å². The van der Waals surface area contributed by atoms with Gasteiger partial charge >= 0.3 is 0 Å². The van der Waals surface area contributed by atoms with Gasteiger partial charge in [0.25, 0.3) is 0 Å². The second kappa shape index (κ2) is 26.5. The van der Waals surface area contributed by atoms with Gasteiger partial charge in [-0.05, 0) is 205 Å². The zero-order valence-corrected chi connectivity index (χ0v) is 61.7. The lowest BCUT2D eigenvalue weighted by molar-refractivity contribution is 1.17. The molecule has 0 bridgehead atoms. The molecule has 17 aromatic carbocycles. The Morgan fingerprint density at radius 2 is 0.342 bits per heavy atom. The fourth-order valence-electron chi connectivity index (χ4n) is 18.0. The van der Waals surface area contributed by atoms with Crippen LogP contribution >= 0.6 is 0 Å². The number of nitrogens with zero attached hydrogens (tertiary/aromatic N) is 6. The summed E-state index contributed by atoms with van der Waals surface area (Å²) in [6, 6.07) is 143. The summed E-state index contributed by atoms with van der Waals surface area (Å²) in [6.07, 6.45) is 0. The summed E-state index contributed by atoms with van der Waals surface area (Å²) >= 11 is 0. The average Bonchev–Trinajstić information content (AvgIpc) is 1.56. The van der Waals surface area contributed by atoms with Crippen molar-refractivity contribution in [3.05, 3.63) is 411 Å². The van der Waals surface area contributed by atoms with E-state index in [1.165, 1.54) is 204 Å². The first-order valence-corrected chi connectivity index (χ1v) is 38.3. The van der Waals surface area contributed by atoms with Crippen molar-refractivity contribution >= 4 is 131 Å². The molecule has 111 heavy (non-hydrogen) atoms. The highest BCUT2D eigenvalue weighted by atomic mass is 15.0. The molecule has 0 amide bonds. The summed E-state index contributed by atoms with van der Waals surface area (Å²) in [7, 11) is 0. The number of aromatic nitrogens is 6. The first kappa shape index (κ1) is 64.9. The molecule has 23 rings (SSSR count). The molecule has 0 N–H and O–H groups in total. The van der Waals surface area contributed by atoms with Crippen molar-refractivity contribution in [2.75, 3.05) is 0 Å². The van der Waals surface area contributed by atoms with Crippen LogP contribution in [0.15, 0.2) is 394 Å². The van der Waals surface area contributed by atoms with E-state index >= 15 is 0 Å². The summed E-state index contributed by atoms with van der Waals surface area (Å²) < 4.78 is 14.5. The van der Waals surface area contributed by atoms with Crippen LogP contribution in [0.4, 0.5) is 0 Å². The van der Waals surface area contributed by atoms with Gasteiger partial charge in [0.15, 0.2) is 0 Å². The summed E-state index contributed by atoms with van der Waals surface area (Å²) in [5, 5.41) is 15.5. The molecule has 23 aromatic rings. The largest absolute Gasteiger partial charge is 0.309 e. The highest BCUT2D eigenvalue weighted by Crippen LogP contribution is 2.47. The first-order valence-electron chi connectivity index (χ1n) is 38.3. The van der Waals surface area contributed by atoms with Crippen molar-refractivity contribution in [1.82, 2.24) is 27.4 Å². The van der Waals surface area contributed by atoms with Crippen LogP contribution in [0.5, 0.6) is 0 Å². The van der Waals surface area contributed by atoms with Crippen molar-refractivity contribution in [3.8, 4) is 56.4 Å². The minimum absolute atomic E-state index is 1.17. The topological polar surface area (TPSA) is 29.6 Å². The fourth-order valence-corrected chi connectivity index (χ4v) is 18.0. The molecule has 0 fully saturated rings. The van der Waals surface area contributed by atoms with Gasteiger partial charge in [-0.2, -0.15) is 0 Å². The molecule has 6 aromatic heterocycles. The summed E-state index contributed by atoms with van der Waals surface area (Å²) in [5.74, 6) is 0. The average molecular weight is 1420 g/mol. The maximum Gasteiger partial charge on any atom is 0.0548 e. The van der Waals surface area contributed by atoms with Crippen LogP contribution in [0.3, 0.4) is 0 Å². The quantitative estimate of drug-likeness (QED) is 0.145.